The van der Waals surface area contributed by atoms with Crippen molar-refractivity contribution < 1.29 is 13.9 Å². The van der Waals surface area contributed by atoms with Gasteiger partial charge in [0.25, 0.3) is 5.91 Å². The van der Waals surface area contributed by atoms with Gasteiger partial charge < -0.3 is 19.0 Å². The summed E-state index contributed by atoms with van der Waals surface area (Å²) in [5, 5.41) is 11.7. The van der Waals surface area contributed by atoms with Gasteiger partial charge in [0.05, 0.1) is 0 Å². The first kappa shape index (κ1) is 16.5. The molecule has 1 aliphatic heterocycles. The summed E-state index contributed by atoms with van der Waals surface area (Å²) in [5.41, 5.74) is 1.02. The van der Waals surface area contributed by atoms with Crippen molar-refractivity contribution in [3.63, 3.8) is 0 Å². The number of nitrogens with zero attached hydrogens (tertiary/aromatic N) is 3. The number of amides is 1. The first-order valence-electron chi connectivity index (χ1n) is 8.60. The molecule has 0 saturated carbocycles. The summed E-state index contributed by atoms with van der Waals surface area (Å²) in [6, 6.07) is 13.4. The highest BCUT2D eigenvalue weighted by Gasteiger charge is 2.25. The zero-order chi connectivity index (χ0) is 17.9. The number of hydrogen-bond acceptors (Lipinski definition) is 5. The average molecular weight is 352 g/mol. The number of methoxy groups -OCH3 is 1. The van der Waals surface area contributed by atoms with Crippen LogP contribution in [0.1, 0.15) is 28.6 Å². The van der Waals surface area contributed by atoms with Crippen LogP contribution in [0.2, 0.25) is 0 Å². The molecule has 1 N–H and O–H groups in total. The summed E-state index contributed by atoms with van der Waals surface area (Å²) in [6.45, 7) is 0.991. The molecule has 7 nitrogen and oxygen atoms in total. The Balaban J connectivity index is 1.48. The number of benzene rings is 1. The molecule has 7 heteroatoms. The van der Waals surface area contributed by atoms with E-state index in [4.69, 9.17) is 9.15 Å². The van der Waals surface area contributed by atoms with Gasteiger partial charge in [-0.25, -0.2) is 0 Å². The molecule has 3 heterocycles. The van der Waals surface area contributed by atoms with E-state index in [-0.39, 0.29) is 11.9 Å². The molecule has 2 aromatic heterocycles. The molecule has 0 bridgehead atoms. The van der Waals surface area contributed by atoms with Gasteiger partial charge in [0.15, 0.2) is 11.6 Å². The maximum absolute atomic E-state index is 12.4. The van der Waals surface area contributed by atoms with Crippen LogP contribution in [0.25, 0.3) is 11.4 Å². The number of rotatable bonds is 5. The molecule has 0 spiro atoms. The lowest BCUT2D eigenvalue weighted by Gasteiger charge is -2.25. The second kappa shape index (κ2) is 7.13. The SMILES string of the molecule is COCc1ccc(C(=O)N[C@@H]2CCc3nnc(-c4ccccc4)n3C2)o1. The summed E-state index contributed by atoms with van der Waals surface area (Å²) in [6.07, 6.45) is 1.60. The van der Waals surface area contributed by atoms with Crippen LogP contribution in [0.4, 0.5) is 0 Å². The Hall–Kier alpha value is -2.93. The van der Waals surface area contributed by atoms with E-state index >= 15 is 0 Å². The largest absolute Gasteiger partial charge is 0.453 e. The van der Waals surface area contributed by atoms with E-state index in [1.807, 2.05) is 30.3 Å². The predicted octanol–water partition coefficient (Wildman–Crippen LogP) is 2.43. The van der Waals surface area contributed by atoms with Crippen LogP contribution in [0.15, 0.2) is 46.9 Å². The molecule has 0 saturated heterocycles. The molecule has 0 radical (unpaired) electrons. The third-order valence-electron chi connectivity index (χ3n) is 4.49. The van der Waals surface area contributed by atoms with Crippen LogP contribution in [0.3, 0.4) is 0 Å². The minimum atomic E-state index is -0.213. The molecule has 1 amide bonds. The number of aromatic nitrogens is 3. The molecule has 4 rings (SSSR count). The van der Waals surface area contributed by atoms with E-state index in [1.54, 1.807) is 19.2 Å². The van der Waals surface area contributed by atoms with Crippen LogP contribution < -0.4 is 5.32 Å². The summed E-state index contributed by atoms with van der Waals surface area (Å²) >= 11 is 0. The van der Waals surface area contributed by atoms with Crippen molar-refractivity contribution in [1.82, 2.24) is 20.1 Å². The Labute approximate surface area is 151 Å². The molecule has 0 fully saturated rings. The predicted molar refractivity (Wildman–Crippen MR) is 94.5 cm³/mol. The van der Waals surface area contributed by atoms with Gasteiger partial charge in [0.1, 0.15) is 18.2 Å². The lowest BCUT2D eigenvalue weighted by Crippen LogP contribution is -2.41. The number of carbonyl (C=O) groups excluding carboxylic acids is 1. The van der Waals surface area contributed by atoms with Crippen LogP contribution in [-0.2, 0) is 24.3 Å². The lowest BCUT2D eigenvalue weighted by atomic mass is 10.1. The zero-order valence-electron chi connectivity index (χ0n) is 14.5. The summed E-state index contributed by atoms with van der Waals surface area (Å²) in [5.74, 6) is 2.51. The Kier molecular flexibility index (Phi) is 4.53. The fourth-order valence-electron chi connectivity index (χ4n) is 3.22. The van der Waals surface area contributed by atoms with Crippen molar-refractivity contribution in [2.45, 2.75) is 32.0 Å². The molecule has 1 atom stereocenters. The Bertz CT molecular complexity index is 901. The topological polar surface area (TPSA) is 82.2 Å². The number of nitrogens with one attached hydrogen (secondary N) is 1. The number of aryl methyl sites for hydroxylation is 1. The molecule has 134 valence electrons. The fraction of sp³-hybridized carbons (Fsp3) is 0.316. The summed E-state index contributed by atoms with van der Waals surface area (Å²) in [4.78, 5) is 12.4. The highest BCUT2D eigenvalue weighted by molar-refractivity contribution is 5.91. The number of ether oxygens (including phenoxy) is 1. The molecule has 0 aliphatic carbocycles. The van der Waals surface area contributed by atoms with Crippen molar-refractivity contribution in [1.29, 1.82) is 0 Å². The standard InChI is InChI=1S/C19H20N4O3/c1-25-12-15-8-9-16(26-15)19(24)20-14-7-10-17-21-22-18(23(17)11-14)13-5-3-2-4-6-13/h2-6,8-9,14H,7,10-12H2,1H3,(H,20,24)/t14-/m1/s1. The normalized spacial score (nSPS) is 16.3. The molecule has 26 heavy (non-hydrogen) atoms. The van der Waals surface area contributed by atoms with E-state index in [2.05, 4.69) is 20.1 Å². The van der Waals surface area contributed by atoms with Crippen molar-refractivity contribution in [2.75, 3.05) is 7.11 Å². The van der Waals surface area contributed by atoms with Crippen LogP contribution in [0, 0.1) is 0 Å². The van der Waals surface area contributed by atoms with Crippen molar-refractivity contribution in [3.05, 3.63) is 59.8 Å². The fourth-order valence-corrected chi connectivity index (χ4v) is 3.22. The van der Waals surface area contributed by atoms with E-state index in [1.165, 1.54) is 0 Å². The van der Waals surface area contributed by atoms with Crippen LogP contribution >= 0.6 is 0 Å². The van der Waals surface area contributed by atoms with Gasteiger partial charge in [0, 0.05) is 31.7 Å². The summed E-state index contributed by atoms with van der Waals surface area (Å²) < 4.78 is 12.6. The van der Waals surface area contributed by atoms with E-state index < -0.39 is 0 Å². The summed E-state index contributed by atoms with van der Waals surface area (Å²) in [7, 11) is 1.59. The Morgan fingerprint density at radius 1 is 1.27 bits per heavy atom. The van der Waals surface area contributed by atoms with Gasteiger partial charge in [0.2, 0.25) is 0 Å². The van der Waals surface area contributed by atoms with Gasteiger partial charge in [-0.1, -0.05) is 30.3 Å². The smallest absolute Gasteiger partial charge is 0.287 e. The van der Waals surface area contributed by atoms with Gasteiger partial charge in [-0.05, 0) is 18.6 Å². The zero-order valence-corrected chi connectivity index (χ0v) is 14.5. The van der Waals surface area contributed by atoms with Crippen molar-refractivity contribution in [2.24, 2.45) is 0 Å². The number of fused-ring (bicyclic) bond motifs is 1. The maximum Gasteiger partial charge on any atom is 0.287 e. The second-order valence-electron chi connectivity index (χ2n) is 6.32. The second-order valence-corrected chi connectivity index (χ2v) is 6.32. The first-order valence-corrected chi connectivity index (χ1v) is 8.60. The van der Waals surface area contributed by atoms with Crippen molar-refractivity contribution in [3.8, 4) is 11.4 Å². The first-order chi connectivity index (χ1) is 12.7. The quantitative estimate of drug-likeness (QED) is 0.763. The monoisotopic (exact) mass is 352 g/mol. The van der Waals surface area contributed by atoms with Gasteiger partial charge in [-0.2, -0.15) is 0 Å². The highest BCUT2D eigenvalue weighted by Crippen LogP contribution is 2.23. The molecular weight excluding hydrogens is 332 g/mol. The number of carbonyl (C=O) groups is 1. The number of furan rings is 1. The van der Waals surface area contributed by atoms with Gasteiger partial charge in [-0.15, -0.1) is 10.2 Å². The highest BCUT2D eigenvalue weighted by atomic mass is 16.5. The molecule has 1 aromatic carbocycles. The molecule has 1 aliphatic rings. The number of hydrogen-bond donors (Lipinski definition) is 1. The van der Waals surface area contributed by atoms with Gasteiger partial charge in [-0.3, -0.25) is 4.79 Å². The van der Waals surface area contributed by atoms with E-state index in [9.17, 15) is 4.79 Å². The Morgan fingerprint density at radius 2 is 2.12 bits per heavy atom. The lowest BCUT2D eigenvalue weighted by molar-refractivity contribution is 0.0891. The molecule has 0 unspecified atom stereocenters. The van der Waals surface area contributed by atoms with Crippen molar-refractivity contribution >= 4 is 5.91 Å². The van der Waals surface area contributed by atoms with E-state index in [0.717, 1.165) is 30.1 Å². The molecule has 3 aromatic rings. The third kappa shape index (κ3) is 3.25. The minimum absolute atomic E-state index is 0.00411. The van der Waals surface area contributed by atoms with Crippen LogP contribution in [0.5, 0.6) is 0 Å². The molecular formula is C19H20N4O3. The van der Waals surface area contributed by atoms with E-state index in [0.29, 0.717) is 24.7 Å². The van der Waals surface area contributed by atoms with Crippen LogP contribution in [-0.4, -0.2) is 33.8 Å². The Morgan fingerprint density at radius 3 is 2.92 bits per heavy atom. The third-order valence-corrected chi connectivity index (χ3v) is 4.49. The van der Waals surface area contributed by atoms with Gasteiger partial charge >= 0.3 is 0 Å². The minimum Gasteiger partial charge on any atom is -0.453 e. The maximum atomic E-state index is 12.4. The average Bonchev–Trinajstić information content (AvgIpc) is 3.29.